The lowest BCUT2D eigenvalue weighted by atomic mass is 9.88. The third kappa shape index (κ3) is 4.11. The second-order valence-corrected chi connectivity index (χ2v) is 8.59. The number of ketones is 1. The van der Waals surface area contributed by atoms with Crippen LogP contribution in [0.1, 0.15) is 27.9 Å². The number of nitrogens with zero attached hydrogens (tertiary/aromatic N) is 2. The number of anilines is 1. The summed E-state index contributed by atoms with van der Waals surface area (Å²) in [6.45, 7) is 0.0671. The molecule has 1 unspecified atom stereocenters. The lowest BCUT2D eigenvalue weighted by Crippen LogP contribution is -2.41. The molecule has 0 aliphatic carbocycles. The summed E-state index contributed by atoms with van der Waals surface area (Å²) < 4.78 is 4.96. The second-order valence-electron chi connectivity index (χ2n) is 7.75. The minimum absolute atomic E-state index is 0.0137. The number of nitro groups is 1. The fraction of sp³-hybridized carbons (Fsp3) is 0.167. The average Bonchev–Trinajstić information content (AvgIpc) is 3.01. The van der Waals surface area contributed by atoms with E-state index >= 15 is 0 Å². The Kier molecular flexibility index (Phi) is 6.31. The van der Waals surface area contributed by atoms with Gasteiger partial charge in [-0.3, -0.25) is 19.7 Å². The van der Waals surface area contributed by atoms with Gasteiger partial charge in [0.05, 0.1) is 30.7 Å². The van der Waals surface area contributed by atoms with Gasteiger partial charge in [0.1, 0.15) is 0 Å². The van der Waals surface area contributed by atoms with Crippen molar-refractivity contribution in [3.05, 3.63) is 97.5 Å². The molecule has 1 atom stereocenters. The number of benzene rings is 3. The van der Waals surface area contributed by atoms with Crippen molar-refractivity contribution in [2.24, 2.45) is 0 Å². The number of nitro benzene ring substituents is 1. The van der Waals surface area contributed by atoms with Crippen molar-refractivity contribution in [2.75, 3.05) is 12.0 Å². The summed E-state index contributed by atoms with van der Waals surface area (Å²) in [7, 11) is 1.28. The highest BCUT2D eigenvalue weighted by atomic mass is 35.5. The number of methoxy groups -OCH3 is 1. The zero-order chi connectivity index (χ0) is 24.6. The zero-order valence-electron chi connectivity index (χ0n) is 17.8. The summed E-state index contributed by atoms with van der Waals surface area (Å²) in [5, 5.41) is 23.6. The van der Waals surface area contributed by atoms with E-state index in [0.29, 0.717) is 16.3 Å². The van der Waals surface area contributed by atoms with Gasteiger partial charge in [-0.25, -0.2) is 0 Å². The van der Waals surface area contributed by atoms with E-state index in [1.165, 1.54) is 30.2 Å². The number of hydrogen-bond donors (Lipinski definition) is 1. The van der Waals surface area contributed by atoms with Crippen LogP contribution in [0.3, 0.4) is 0 Å². The number of halogens is 2. The summed E-state index contributed by atoms with van der Waals surface area (Å²) in [5.74, 6) is -1.39. The van der Waals surface area contributed by atoms with Gasteiger partial charge in [0, 0.05) is 27.2 Å². The van der Waals surface area contributed by atoms with E-state index in [1.54, 1.807) is 36.4 Å². The predicted octanol–water partition coefficient (Wildman–Crippen LogP) is 4.92. The number of fused-ring (bicyclic) bond motifs is 1. The number of Topliss-reactive ketones (excluding diaryl/α,β-unsaturated/α-hetero) is 1. The molecule has 1 amide bonds. The van der Waals surface area contributed by atoms with Crippen LogP contribution in [-0.2, 0) is 16.9 Å². The van der Waals surface area contributed by atoms with Gasteiger partial charge in [-0.2, -0.15) is 0 Å². The summed E-state index contributed by atoms with van der Waals surface area (Å²) in [4.78, 5) is 38.6. The molecule has 1 heterocycles. The number of carbonyl (C=O) groups is 2. The molecular weight excluding hydrogens is 483 g/mol. The maximum Gasteiger partial charge on any atom is 0.311 e. The first-order valence-corrected chi connectivity index (χ1v) is 10.8. The van der Waals surface area contributed by atoms with Crippen LogP contribution in [0, 0.1) is 10.1 Å². The van der Waals surface area contributed by atoms with Gasteiger partial charge in [-0.05, 0) is 42.0 Å². The highest BCUT2D eigenvalue weighted by Gasteiger charge is 2.51. The van der Waals surface area contributed by atoms with Gasteiger partial charge in [-0.1, -0.05) is 41.4 Å². The normalized spacial score (nSPS) is 16.9. The first-order chi connectivity index (χ1) is 16.2. The average molecular weight is 501 g/mol. The van der Waals surface area contributed by atoms with Gasteiger partial charge in [0.2, 0.25) is 0 Å². The minimum Gasteiger partial charge on any atom is -0.490 e. The number of aliphatic hydroxyl groups is 1. The van der Waals surface area contributed by atoms with Crippen molar-refractivity contribution in [3.63, 3.8) is 0 Å². The van der Waals surface area contributed by atoms with Crippen molar-refractivity contribution < 1.29 is 24.4 Å². The number of rotatable bonds is 7. The highest BCUT2D eigenvalue weighted by molar-refractivity contribution is 6.31. The van der Waals surface area contributed by atoms with Crippen LogP contribution in [0.25, 0.3) is 0 Å². The van der Waals surface area contributed by atoms with Gasteiger partial charge < -0.3 is 14.7 Å². The summed E-state index contributed by atoms with van der Waals surface area (Å²) in [6.07, 6.45) is -0.637. The predicted molar refractivity (Wildman–Crippen MR) is 127 cm³/mol. The molecule has 3 aromatic rings. The molecule has 1 N–H and O–H groups in total. The van der Waals surface area contributed by atoms with Crippen molar-refractivity contribution in [1.29, 1.82) is 0 Å². The third-order valence-corrected chi connectivity index (χ3v) is 6.30. The molecule has 0 bridgehead atoms. The molecule has 174 valence electrons. The molecule has 0 fully saturated rings. The molecule has 4 rings (SSSR count). The Labute approximate surface area is 204 Å². The molecule has 1 aliphatic rings. The van der Waals surface area contributed by atoms with Crippen LogP contribution >= 0.6 is 23.2 Å². The Balaban J connectivity index is 1.72. The molecule has 0 saturated heterocycles. The molecule has 0 saturated carbocycles. The SMILES string of the molecule is COc1ccc(C(=O)CC2(O)C(=O)N(Cc3ccccc3Cl)c3ccc(Cl)cc32)cc1[N+](=O)[O-]. The van der Waals surface area contributed by atoms with Gasteiger partial charge in [0.15, 0.2) is 17.1 Å². The number of hydrogen-bond acceptors (Lipinski definition) is 6. The van der Waals surface area contributed by atoms with E-state index < -0.39 is 34.3 Å². The Morgan fingerprint density at radius 2 is 1.88 bits per heavy atom. The number of carbonyl (C=O) groups excluding carboxylic acids is 2. The monoisotopic (exact) mass is 500 g/mol. The van der Waals surface area contributed by atoms with E-state index in [9.17, 15) is 24.8 Å². The lowest BCUT2D eigenvalue weighted by Gasteiger charge is -2.23. The molecule has 0 spiro atoms. The van der Waals surface area contributed by atoms with Crippen LogP contribution in [-0.4, -0.2) is 28.8 Å². The maximum atomic E-state index is 13.5. The van der Waals surface area contributed by atoms with E-state index in [4.69, 9.17) is 27.9 Å². The minimum atomic E-state index is -2.21. The molecule has 3 aromatic carbocycles. The summed E-state index contributed by atoms with van der Waals surface area (Å²) >= 11 is 12.4. The lowest BCUT2D eigenvalue weighted by molar-refractivity contribution is -0.385. The Morgan fingerprint density at radius 1 is 1.15 bits per heavy atom. The quantitative estimate of drug-likeness (QED) is 0.280. The summed E-state index contributed by atoms with van der Waals surface area (Å²) in [6, 6.07) is 15.3. The Morgan fingerprint density at radius 3 is 2.56 bits per heavy atom. The van der Waals surface area contributed by atoms with Crippen molar-refractivity contribution in [1.82, 2.24) is 0 Å². The molecule has 8 nitrogen and oxygen atoms in total. The first kappa shape index (κ1) is 23.7. The molecular formula is C24H18Cl2N2O6. The van der Waals surface area contributed by atoms with Gasteiger partial charge in [0.25, 0.3) is 5.91 Å². The van der Waals surface area contributed by atoms with Crippen LogP contribution in [0.15, 0.2) is 60.7 Å². The largest absolute Gasteiger partial charge is 0.490 e. The molecule has 34 heavy (non-hydrogen) atoms. The highest BCUT2D eigenvalue weighted by Crippen LogP contribution is 2.45. The van der Waals surface area contributed by atoms with Crippen molar-refractivity contribution >= 4 is 46.3 Å². The van der Waals surface area contributed by atoms with Gasteiger partial charge >= 0.3 is 5.69 Å². The fourth-order valence-corrected chi connectivity index (χ4v) is 4.36. The molecule has 10 heteroatoms. The smallest absolute Gasteiger partial charge is 0.311 e. The standard InChI is InChI=1S/C24H18Cl2N2O6/c1-34-22-9-6-14(10-20(22)28(32)33)21(29)12-24(31)17-11-16(25)7-8-19(17)27(23(24)30)13-15-4-2-3-5-18(15)26/h2-11,31H,12-13H2,1H3. The van der Waals surface area contributed by atoms with Crippen molar-refractivity contribution in [2.45, 2.75) is 18.6 Å². The third-order valence-electron chi connectivity index (χ3n) is 5.69. The topological polar surface area (TPSA) is 110 Å². The number of ether oxygens (including phenoxy) is 1. The van der Waals surface area contributed by atoms with E-state index in [1.807, 2.05) is 0 Å². The molecule has 0 radical (unpaired) electrons. The maximum absolute atomic E-state index is 13.5. The van der Waals surface area contributed by atoms with E-state index in [0.717, 1.165) is 6.07 Å². The van der Waals surface area contributed by atoms with Crippen molar-refractivity contribution in [3.8, 4) is 5.75 Å². The van der Waals surface area contributed by atoms with E-state index in [2.05, 4.69) is 0 Å². The van der Waals surface area contributed by atoms with Crippen LogP contribution < -0.4 is 9.64 Å². The fourth-order valence-electron chi connectivity index (χ4n) is 3.99. The van der Waals surface area contributed by atoms with Crippen LogP contribution in [0.4, 0.5) is 11.4 Å². The second kappa shape index (κ2) is 9.06. The van der Waals surface area contributed by atoms with Gasteiger partial charge in [-0.15, -0.1) is 0 Å². The first-order valence-electron chi connectivity index (χ1n) is 10.1. The van der Waals surface area contributed by atoms with Crippen LogP contribution in [0.5, 0.6) is 5.75 Å². The Hall–Kier alpha value is -3.46. The summed E-state index contributed by atoms with van der Waals surface area (Å²) in [5.41, 5.74) is -1.44. The zero-order valence-corrected chi connectivity index (χ0v) is 19.3. The Bertz CT molecular complexity index is 1330. The molecule has 1 aliphatic heterocycles. The molecule has 0 aromatic heterocycles. The van der Waals surface area contributed by atoms with E-state index in [-0.39, 0.29) is 28.4 Å². The number of amides is 1. The van der Waals surface area contributed by atoms with Crippen LogP contribution in [0.2, 0.25) is 10.0 Å².